The van der Waals surface area contributed by atoms with Gasteiger partial charge in [0, 0.05) is 6.20 Å². The van der Waals surface area contributed by atoms with Crippen LogP contribution in [0.5, 0.6) is 0 Å². The fourth-order valence-electron chi connectivity index (χ4n) is 1.49. The summed E-state index contributed by atoms with van der Waals surface area (Å²) in [6, 6.07) is 3.07. The summed E-state index contributed by atoms with van der Waals surface area (Å²) in [4.78, 5) is 27.5. The van der Waals surface area contributed by atoms with E-state index >= 15 is 0 Å². The first kappa shape index (κ1) is 13.6. The third kappa shape index (κ3) is 3.27. The molecule has 1 atom stereocenters. The smallest absolute Gasteiger partial charge is 0.316 e. The second-order valence-corrected chi connectivity index (χ2v) is 4.41. The van der Waals surface area contributed by atoms with Crippen LogP contribution in [0.2, 0.25) is 5.02 Å². The lowest BCUT2D eigenvalue weighted by molar-refractivity contribution is -0.144. The standard InChI is InChI=1S/C12H14ClNO3/c1-7(2)10(12(16)17-3)11(15)9-5-4-8(13)6-14-9/h4-7,10H,1-3H3. The van der Waals surface area contributed by atoms with Gasteiger partial charge in [0.1, 0.15) is 11.6 Å². The quantitative estimate of drug-likeness (QED) is 0.471. The van der Waals surface area contributed by atoms with Gasteiger partial charge in [0.2, 0.25) is 0 Å². The van der Waals surface area contributed by atoms with E-state index in [0.29, 0.717) is 5.02 Å². The molecule has 0 fully saturated rings. The monoisotopic (exact) mass is 255 g/mol. The van der Waals surface area contributed by atoms with E-state index < -0.39 is 11.9 Å². The first-order valence-electron chi connectivity index (χ1n) is 5.21. The molecule has 5 heteroatoms. The van der Waals surface area contributed by atoms with Crippen molar-refractivity contribution in [1.29, 1.82) is 0 Å². The fourth-order valence-corrected chi connectivity index (χ4v) is 1.60. The number of carbonyl (C=O) groups is 2. The van der Waals surface area contributed by atoms with Gasteiger partial charge in [-0.25, -0.2) is 0 Å². The van der Waals surface area contributed by atoms with Crippen LogP contribution in [0, 0.1) is 11.8 Å². The molecule has 0 bridgehead atoms. The van der Waals surface area contributed by atoms with E-state index in [1.807, 2.05) is 0 Å². The largest absolute Gasteiger partial charge is 0.468 e. The Morgan fingerprint density at radius 3 is 2.41 bits per heavy atom. The number of methoxy groups -OCH3 is 1. The van der Waals surface area contributed by atoms with Crippen molar-refractivity contribution in [1.82, 2.24) is 4.98 Å². The first-order valence-corrected chi connectivity index (χ1v) is 5.58. The molecule has 0 saturated carbocycles. The van der Waals surface area contributed by atoms with Crippen LogP contribution in [0.25, 0.3) is 0 Å². The average molecular weight is 256 g/mol. The van der Waals surface area contributed by atoms with Gasteiger partial charge in [0.25, 0.3) is 0 Å². The van der Waals surface area contributed by atoms with Gasteiger partial charge in [-0.2, -0.15) is 0 Å². The summed E-state index contributed by atoms with van der Waals surface area (Å²) in [6.45, 7) is 3.57. The van der Waals surface area contributed by atoms with Gasteiger partial charge in [-0.15, -0.1) is 0 Å². The van der Waals surface area contributed by atoms with E-state index in [0.717, 1.165) is 0 Å². The Morgan fingerprint density at radius 2 is 2.00 bits per heavy atom. The molecule has 1 heterocycles. The minimum atomic E-state index is -0.825. The molecule has 0 spiro atoms. The third-order valence-corrected chi connectivity index (χ3v) is 2.61. The molecule has 0 aliphatic heterocycles. The lowest BCUT2D eigenvalue weighted by Gasteiger charge is -2.16. The number of ether oxygens (including phenoxy) is 1. The Kier molecular flexibility index (Phi) is 4.63. The van der Waals surface area contributed by atoms with E-state index in [1.165, 1.54) is 19.4 Å². The number of pyridine rings is 1. The molecule has 0 N–H and O–H groups in total. The summed E-state index contributed by atoms with van der Waals surface area (Å²) in [7, 11) is 1.26. The molecule has 0 aliphatic rings. The minimum Gasteiger partial charge on any atom is -0.468 e. The number of rotatable bonds is 4. The highest BCUT2D eigenvalue weighted by Crippen LogP contribution is 2.18. The number of aromatic nitrogens is 1. The molecule has 4 nitrogen and oxygen atoms in total. The van der Waals surface area contributed by atoms with Crippen molar-refractivity contribution in [3.05, 3.63) is 29.0 Å². The van der Waals surface area contributed by atoms with Gasteiger partial charge in [-0.1, -0.05) is 25.4 Å². The second kappa shape index (κ2) is 5.77. The highest BCUT2D eigenvalue weighted by Gasteiger charge is 2.32. The van der Waals surface area contributed by atoms with Gasteiger partial charge < -0.3 is 4.74 Å². The van der Waals surface area contributed by atoms with E-state index in [1.54, 1.807) is 19.9 Å². The maximum absolute atomic E-state index is 12.1. The average Bonchev–Trinajstić information content (AvgIpc) is 2.29. The fraction of sp³-hybridized carbons (Fsp3) is 0.417. The summed E-state index contributed by atoms with van der Waals surface area (Å²) in [5.41, 5.74) is 0.221. The third-order valence-electron chi connectivity index (χ3n) is 2.38. The van der Waals surface area contributed by atoms with Crippen molar-refractivity contribution >= 4 is 23.4 Å². The maximum atomic E-state index is 12.1. The Morgan fingerprint density at radius 1 is 1.35 bits per heavy atom. The molecular weight excluding hydrogens is 242 g/mol. The summed E-state index contributed by atoms with van der Waals surface area (Å²) in [5.74, 6) is -1.86. The highest BCUT2D eigenvalue weighted by atomic mass is 35.5. The molecule has 1 aromatic heterocycles. The van der Waals surface area contributed by atoms with Crippen LogP contribution in [0.1, 0.15) is 24.3 Å². The first-order chi connectivity index (χ1) is 7.97. The van der Waals surface area contributed by atoms with E-state index in [9.17, 15) is 9.59 Å². The van der Waals surface area contributed by atoms with Crippen LogP contribution < -0.4 is 0 Å². The van der Waals surface area contributed by atoms with Crippen LogP contribution in [0.3, 0.4) is 0 Å². The molecule has 1 unspecified atom stereocenters. The minimum absolute atomic E-state index is 0.146. The number of Topliss-reactive ketones (excluding diaryl/α,β-unsaturated/α-hetero) is 1. The molecule has 0 saturated heterocycles. The molecule has 0 radical (unpaired) electrons. The zero-order chi connectivity index (χ0) is 13.0. The van der Waals surface area contributed by atoms with Crippen LogP contribution >= 0.6 is 11.6 Å². The van der Waals surface area contributed by atoms with Gasteiger partial charge in [0.05, 0.1) is 12.1 Å². The van der Waals surface area contributed by atoms with Crippen LogP contribution in [0.15, 0.2) is 18.3 Å². The van der Waals surface area contributed by atoms with Crippen molar-refractivity contribution in [2.75, 3.05) is 7.11 Å². The summed E-state index contributed by atoms with van der Waals surface area (Å²) >= 11 is 5.68. The number of nitrogens with zero attached hydrogens (tertiary/aromatic N) is 1. The summed E-state index contributed by atoms with van der Waals surface area (Å²) in [6.07, 6.45) is 1.38. The van der Waals surface area contributed by atoms with Crippen LogP contribution in [0.4, 0.5) is 0 Å². The van der Waals surface area contributed by atoms with E-state index in [4.69, 9.17) is 11.6 Å². The molecule has 1 rings (SSSR count). The Labute approximate surface area is 105 Å². The predicted octanol–water partition coefficient (Wildman–Crippen LogP) is 2.36. The van der Waals surface area contributed by atoms with Crippen molar-refractivity contribution in [2.45, 2.75) is 13.8 Å². The van der Waals surface area contributed by atoms with E-state index in [-0.39, 0.29) is 17.4 Å². The van der Waals surface area contributed by atoms with Gasteiger partial charge in [-0.05, 0) is 18.1 Å². The molecule has 0 amide bonds. The molecular formula is C12H14ClNO3. The van der Waals surface area contributed by atoms with Crippen LogP contribution in [-0.2, 0) is 9.53 Å². The Hall–Kier alpha value is -1.42. The number of ketones is 1. The molecule has 0 aromatic carbocycles. The molecule has 17 heavy (non-hydrogen) atoms. The maximum Gasteiger partial charge on any atom is 0.316 e. The lowest BCUT2D eigenvalue weighted by atomic mass is 9.90. The molecule has 0 aliphatic carbocycles. The number of esters is 1. The molecule has 1 aromatic rings. The highest BCUT2D eigenvalue weighted by molar-refractivity contribution is 6.30. The molecule has 92 valence electrons. The number of halogens is 1. The summed E-state index contributed by atoms with van der Waals surface area (Å²) in [5, 5.41) is 0.445. The zero-order valence-electron chi connectivity index (χ0n) is 9.94. The predicted molar refractivity (Wildman–Crippen MR) is 63.9 cm³/mol. The summed E-state index contributed by atoms with van der Waals surface area (Å²) < 4.78 is 4.63. The number of hydrogen-bond donors (Lipinski definition) is 0. The van der Waals surface area contributed by atoms with Gasteiger partial charge in [0.15, 0.2) is 5.78 Å². The second-order valence-electron chi connectivity index (χ2n) is 3.97. The van der Waals surface area contributed by atoms with Gasteiger partial charge >= 0.3 is 5.97 Å². The SMILES string of the molecule is COC(=O)C(C(=O)c1ccc(Cl)cn1)C(C)C. The number of hydrogen-bond acceptors (Lipinski definition) is 4. The number of carbonyl (C=O) groups excluding carboxylic acids is 2. The van der Waals surface area contributed by atoms with E-state index in [2.05, 4.69) is 9.72 Å². The Bertz CT molecular complexity index is 414. The van der Waals surface area contributed by atoms with Crippen molar-refractivity contribution in [3.8, 4) is 0 Å². The van der Waals surface area contributed by atoms with Crippen molar-refractivity contribution in [3.63, 3.8) is 0 Å². The van der Waals surface area contributed by atoms with Crippen molar-refractivity contribution < 1.29 is 14.3 Å². The van der Waals surface area contributed by atoms with Crippen LogP contribution in [-0.4, -0.2) is 23.8 Å². The topological polar surface area (TPSA) is 56.3 Å². The van der Waals surface area contributed by atoms with Gasteiger partial charge in [-0.3, -0.25) is 14.6 Å². The Balaban J connectivity index is 3.00. The normalized spacial score (nSPS) is 12.3. The lowest BCUT2D eigenvalue weighted by Crippen LogP contribution is -2.30. The zero-order valence-corrected chi connectivity index (χ0v) is 10.7. The van der Waals surface area contributed by atoms with Crippen molar-refractivity contribution in [2.24, 2.45) is 11.8 Å².